The summed E-state index contributed by atoms with van der Waals surface area (Å²) in [5, 5.41) is 0. The van der Waals surface area contributed by atoms with E-state index in [-0.39, 0.29) is 11.5 Å². The highest BCUT2D eigenvalue weighted by Gasteiger charge is 2.70. The second-order valence-corrected chi connectivity index (χ2v) is 7.98. The highest BCUT2D eigenvalue weighted by Crippen LogP contribution is 2.64. The fourth-order valence-electron chi connectivity index (χ4n) is 6.44. The predicted molar refractivity (Wildman–Crippen MR) is 84.6 cm³/mol. The molecule has 3 fully saturated rings. The summed E-state index contributed by atoms with van der Waals surface area (Å²) in [6.45, 7) is 2.55. The molecule has 0 N–H and O–H groups in total. The van der Waals surface area contributed by atoms with Crippen LogP contribution in [0.15, 0.2) is 18.2 Å². The minimum absolute atomic E-state index is 0.0314. The highest BCUT2D eigenvalue weighted by atomic mass is 16.8. The molecule has 3 heterocycles. The molecule has 23 heavy (non-hydrogen) atoms. The van der Waals surface area contributed by atoms with Crippen molar-refractivity contribution in [1.29, 1.82) is 0 Å². The van der Waals surface area contributed by atoms with Gasteiger partial charge in [-0.15, -0.1) is 0 Å². The molecular weight excluding hydrogens is 290 g/mol. The molecule has 2 aliphatic carbocycles. The van der Waals surface area contributed by atoms with E-state index in [9.17, 15) is 0 Å². The maximum absolute atomic E-state index is 6.58. The van der Waals surface area contributed by atoms with Gasteiger partial charge in [-0.1, -0.05) is 12.1 Å². The van der Waals surface area contributed by atoms with Crippen molar-refractivity contribution in [3.05, 3.63) is 29.3 Å². The van der Waals surface area contributed by atoms with Crippen LogP contribution in [0.2, 0.25) is 0 Å². The molecule has 1 aromatic carbocycles. The Morgan fingerprint density at radius 2 is 2.04 bits per heavy atom. The number of rotatable bonds is 0. The van der Waals surface area contributed by atoms with E-state index in [0.29, 0.717) is 25.2 Å². The van der Waals surface area contributed by atoms with Crippen LogP contribution in [0.25, 0.3) is 0 Å². The third-order valence-corrected chi connectivity index (χ3v) is 7.27. The smallest absolute Gasteiger partial charge is 0.206 e. The highest BCUT2D eigenvalue weighted by molar-refractivity contribution is 5.55. The maximum atomic E-state index is 6.58. The number of hydrogen-bond acceptors (Lipinski definition) is 4. The lowest BCUT2D eigenvalue weighted by Crippen LogP contribution is -2.69. The molecule has 2 saturated heterocycles. The van der Waals surface area contributed by atoms with Crippen LogP contribution >= 0.6 is 0 Å². The van der Waals surface area contributed by atoms with Gasteiger partial charge >= 0.3 is 0 Å². The van der Waals surface area contributed by atoms with Gasteiger partial charge in [-0.2, -0.15) is 0 Å². The van der Waals surface area contributed by atoms with Gasteiger partial charge in [0.25, 0.3) is 0 Å². The Labute approximate surface area is 136 Å². The number of piperidine rings is 1. The number of benzene rings is 1. The zero-order valence-corrected chi connectivity index (χ0v) is 13.6. The summed E-state index contributed by atoms with van der Waals surface area (Å²) >= 11 is 0. The van der Waals surface area contributed by atoms with Crippen molar-refractivity contribution in [3.8, 4) is 5.75 Å². The Hall–Kier alpha value is -1.10. The topological polar surface area (TPSA) is 30.9 Å². The number of likely N-dealkylation sites (N-methyl/N-ethyl adjacent to an activating group) is 1. The first-order valence-electron chi connectivity index (χ1n) is 9.02. The Morgan fingerprint density at radius 1 is 1.17 bits per heavy atom. The summed E-state index contributed by atoms with van der Waals surface area (Å²) in [5.74, 6) is 1.26. The van der Waals surface area contributed by atoms with Crippen molar-refractivity contribution in [2.24, 2.45) is 5.92 Å². The van der Waals surface area contributed by atoms with E-state index in [1.54, 1.807) is 0 Å². The van der Waals surface area contributed by atoms with Gasteiger partial charge in [-0.05, 0) is 50.4 Å². The SMILES string of the molecule is CN1CC[C@]23c4c5cccc4O[C@H]2C2(CC[C@H]3[C@H]1C5)OCCO2. The normalized spacial score (nSPS) is 42.6. The van der Waals surface area contributed by atoms with Crippen molar-refractivity contribution < 1.29 is 14.2 Å². The fraction of sp³-hybridized carbons (Fsp3) is 0.684. The van der Waals surface area contributed by atoms with Gasteiger partial charge in [0.15, 0.2) is 6.10 Å². The molecule has 4 heteroatoms. The van der Waals surface area contributed by atoms with Crippen LogP contribution in [-0.2, 0) is 21.3 Å². The molecule has 1 aromatic rings. The molecule has 1 saturated carbocycles. The molecule has 4 atom stereocenters. The van der Waals surface area contributed by atoms with Crippen molar-refractivity contribution in [2.75, 3.05) is 26.8 Å². The number of likely N-dealkylation sites (tertiary alicyclic amines) is 1. The van der Waals surface area contributed by atoms with E-state index in [1.165, 1.54) is 17.5 Å². The Balaban J connectivity index is 1.61. The molecule has 0 amide bonds. The first-order valence-corrected chi connectivity index (χ1v) is 9.02. The summed E-state index contributed by atoms with van der Waals surface area (Å²) in [6, 6.07) is 7.26. The second-order valence-electron chi connectivity index (χ2n) is 7.98. The molecule has 6 rings (SSSR count). The molecule has 4 nitrogen and oxygen atoms in total. The molecule has 0 aromatic heterocycles. The van der Waals surface area contributed by atoms with Crippen molar-refractivity contribution in [3.63, 3.8) is 0 Å². The van der Waals surface area contributed by atoms with Gasteiger partial charge in [0.2, 0.25) is 5.79 Å². The number of nitrogens with zero attached hydrogens (tertiary/aromatic N) is 1. The summed E-state index contributed by atoms with van der Waals surface area (Å²) in [7, 11) is 2.30. The first kappa shape index (κ1) is 13.2. The molecule has 0 radical (unpaired) electrons. The van der Waals surface area contributed by atoms with E-state index in [1.807, 2.05) is 0 Å². The average molecular weight is 313 g/mol. The quantitative estimate of drug-likeness (QED) is 0.734. The fourth-order valence-corrected chi connectivity index (χ4v) is 6.44. The third-order valence-electron chi connectivity index (χ3n) is 7.27. The van der Waals surface area contributed by atoms with Crippen LogP contribution in [-0.4, -0.2) is 49.6 Å². The average Bonchev–Trinajstić information content (AvgIpc) is 3.16. The molecule has 3 aliphatic heterocycles. The minimum atomic E-state index is -0.509. The predicted octanol–water partition coefficient (Wildman–Crippen LogP) is 2.10. The number of hydrogen-bond donors (Lipinski definition) is 0. The third kappa shape index (κ3) is 1.37. The summed E-state index contributed by atoms with van der Waals surface area (Å²) in [5.41, 5.74) is 3.09. The number of ether oxygens (including phenoxy) is 3. The van der Waals surface area contributed by atoms with Crippen LogP contribution in [0.3, 0.4) is 0 Å². The standard InChI is InChI=1S/C19H23NO3/c1-20-8-7-18-13-5-6-19(21-9-10-22-19)17(18)23-15-4-2-3-12(16(15)18)11-14(13)20/h2-4,13-14,17H,5-11H2,1H3/t13-,14+,17+,18-/m0/s1. The Bertz CT molecular complexity index is 683. The van der Waals surface area contributed by atoms with Gasteiger partial charge < -0.3 is 19.1 Å². The lowest BCUT2D eigenvalue weighted by Gasteiger charge is -2.60. The van der Waals surface area contributed by atoms with E-state index in [2.05, 4.69) is 30.1 Å². The van der Waals surface area contributed by atoms with E-state index < -0.39 is 5.79 Å². The van der Waals surface area contributed by atoms with E-state index in [0.717, 1.165) is 31.6 Å². The largest absolute Gasteiger partial charge is 0.484 e. The zero-order chi connectivity index (χ0) is 15.2. The van der Waals surface area contributed by atoms with Crippen molar-refractivity contribution in [1.82, 2.24) is 4.90 Å². The lowest BCUT2D eigenvalue weighted by molar-refractivity contribution is -0.260. The van der Waals surface area contributed by atoms with Gasteiger partial charge in [-0.25, -0.2) is 0 Å². The van der Waals surface area contributed by atoms with Crippen LogP contribution in [0, 0.1) is 5.92 Å². The van der Waals surface area contributed by atoms with Crippen LogP contribution in [0.4, 0.5) is 0 Å². The van der Waals surface area contributed by atoms with Crippen LogP contribution in [0.5, 0.6) is 5.75 Å². The van der Waals surface area contributed by atoms with E-state index >= 15 is 0 Å². The van der Waals surface area contributed by atoms with Crippen LogP contribution < -0.4 is 4.74 Å². The van der Waals surface area contributed by atoms with Crippen molar-refractivity contribution in [2.45, 2.75) is 49.0 Å². The molecule has 122 valence electrons. The summed E-state index contributed by atoms with van der Waals surface area (Å²) in [6.07, 6.45) is 4.51. The molecule has 0 unspecified atom stereocenters. The molecule has 5 aliphatic rings. The molecule has 2 bridgehead atoms. The molecular formula is C19H23NO3. The van der Waals surface area contributed by atoms with Gasteiger partial charge in [-0.3, -0.25) is 0 Å². The summed E-state index contributed by atoms with van der Waals surface area (Å²) < 4.78 is 19.0. The minimum Gasteiger partial charge on any atom is -0.484 e. The maximum Gasteiger partial charge on any atom is 0.206 e. The van der Waals surface area contributed by atoms with Crippen LogP contribution in [0.1, 0.15) is 30.4 Å². The summed E-state index contributed by atoms with van der Waals surface area (Å²) in [4.78, 5) is 2.58. The van der Waals surface area contributed by atoms with Crippen molar-refractivity contribution >= 4 is 0 Å². The van der Waals surface area contributed by atoms with E-state index in [4.69, 9.17) is 14.2 Å². The number of fused-ring (bicyclic) bond motifs is 1. The lowest BCUT2D eigenvalue weighted by atomic mass is 9.51. The first-order chi connectivity index (χ1) is 11.2. The monoisotopic (exact) mass is 313 g/mol. The second kappa shape index (κ2) is 4.11. The van der Waals surface area contributed by atoms with Gasteiger partial charge in [0.05, 0.1) is 13.2 Å². The zero-order valence-electron chi connectivity index (χ0n) is 13.6. The van der Waals surface area contributed by atoms with Gasteiger partial charge in [0.1, 0.15) is 5.75 Å². The Kier molecular flexibility index (Phi) is 2.36. The van der Waals surface area contributed by atoms with Gasteiger partial charge in [0, 0.05) is 23.4 Å². The molecule has 2 spiro atoms. The Morgan fingerprint density at radius 3 is 2.91 bits per heavy atom.